The third-order valence-corrected chi connectivity index (χ3v) is 7.42. The van der Waals surface area contributed by atoms with Gasteiger partial charge in [-0.3, -0.25) is 4.90 Å². The molecular weight excluding hydrogens is 471 g/mol. The second kappa shape index (κ2) is 8.97. The molecule has 0 aliphatic carbocycles. The van der Waals surface area contributed by atoms with Crippen LogP contribution in [0.25, 0.3) is 22.4 Å². The van der Waals surface area contributed by atoms with Crippen LogP contribution in [0.3, 0.4) is 0 Å². The van der Waals surface area contributed by atoms with Crippen LogP contribution in [0, 0.1) is 11.2 Å². The number of pyridine rings is 1. The van der Waals surface area contributed by atoms with Gasteiger partial charge in [-0.1, -0.05) is 35.9 Å². The summed E-state index contributed by atoms with van der Waals surface area (Å²) in [6, 6.07) is 12.7. The molecule has 0 saturated carbocycles. The first-order valence-electron chi connectivity index (χ1n) is 11.8. The molecule has 3 aliphatic rings. The molecule has 6 rings (SSSR count). The van der Waals surface area contributed by atoms with Crippen LogP contribution in [-0.4, -0.2) is 56.5 Å². The number of halogens is 2. The van der Waals surface area contributed by atoms with Crippen LogP contribution in [0.1, 0.15) is 12.0 Å². The summed E-state index contributed by atoms with van der Waals surface area (Å²) in [5.74, 6) is 1.35. The molecule has 3 aliphatic heterocycles. The summed E-state index contributed by atoms with van der Waals surface area (Å²) in [7, 11) is 1.56. The van der Waals surface area contributed by atoms with E-state index in [2.05, 4.69) is 9.88 Å². The highest BCUT2D eigenvalue weighted by atomic mass is 35.5. The Morgan fingerprint density at radius 3 is 2.63 bits per heavy atom. The first-order valence-corrected chi connectivity index (χ1v) is 12.2. The average Bonchev–Trinajstić information content (AvgIpc) is 3.34. The van der Waals surface area contributed by atoms with Gasteiger partial charge in [0, 0.05) is 48.3 Å². The van der Waals surface area contributed by atoms with E-state index in [0.717, 1.165) is 49.4 Å². The lowest BCUT2D eigenvalue weighted by atomic mass is 9.79. The van der Waals surface area contributed by atoms with Gasteiger partial charge < -0.3 is 18.9 Å². The van der Waals surface area contributed by atoms with Gasteiger partial charge in [0.1, 0.15) is 24.7 Å². The van der Waals surface area contributed by atoms with E-state index in [0.29, 0.717) is 47.7 Å². The molecular formula is C27H26ClFN2O4. The van der Waals surface area contributed by atoms with E-state index in [-0.39, 0.29) is 11.1 Å². The van der Waals surface area contributed by atoms with Gasteiger partial charge in [0.25, 0.3) is 0 Å². The van der Waals surface area contributed by atoms with Gasteiger partial charge in [0.15, 0.2) is 11.5 Å². The SMILES string of the molecule is COc1nc(-c2cccc(-c3ccc4c(c3)OCCO4)c2Cl)c(F)cc1CN1CC2(CCOC2)C1. The van der Waals surface area contributed by atoms with E-state index < -0.39 is 5.82 Å². The fraction of sp³-hybridized carbons (Fsp3) is 0.370. The molecule has 0 unspecified atom stereocenters. The Bertz CT molecular complexity index is 1270. The Hall–Kier alpha value is -2.87. The minimum absolute atomic E-state index is 0.166. The van der Waals surface area contributed by atoms with E-state index in [1.54, 1.807) is 13.2 Å². The van der Waals surface area contributed by atoms with Crippen molar-refractivity contribution >= 4 is 11.6 Å². The summed E-state index contributed by atoms with van der Waals surface area (Å²) < 4.78 is 37.9. The molecule has 6 nitrogen and oxygen atoms in total. The van der Waals surface area contributed by atoms with Crippen molar-refractivity contribution in [1.82, 2.24) is 9.88 Å². The Balaban J connectivity index is 1.30. The summed E-state index contributed by atoms with van der Waals surface area (Å²) in [5, 5.41) is 0.413. The molecule has 2 aromatic carbocycles. The molecule has 0 amide bonds. The fourth-order valence-corrected chi connectivity index (χ4v) is 5.62. The molecule has 1 aromatic heterocycles. The average molecular weight is 497 g/mol. The Labute approximate surface area is 208 Å². The van der Waals surface area contributed by atoms with Gasteiger partial charge in [-0.15, -0.1) is 0 Å². The summed E-state index contributed by atoms with van der Waals surface area (Å²) >= 11 is 6.81. The van der Waals surface area contributed by atoms with Crippen molar-refractivity contribution in [1.29, 1.82) is 0 Å². The number of benzene rings is 2. The van der Waals surface area contributed by atoms with Crippen LogP contribution in [0.4, 0.5) is 4.39 Å². The summed E-state index contributed by atoms with van der Waals surface area (Å²) in [6.45, 7) is 5.14. The molecule has 0 bridgehead atoms. The van der Waals surface area contributed by atoms with E-state index in [4.69, 9.17) is 30.5 Å². The van der Waals surface area contributed by atoms with Gasteiger partial charge in [0.05, 0.1) is 18.7 Å². The van der Waals surface area contributed by atoms with E-state index >= 15 is 4.39 Å². The Kier molecular flexibility index (Phi) is 5.79. The van der Waals surface area contributed by atoms with Gasteiger partial charge >= 0.3 is 0 Å². The van der Waals surface area contributed by atoms with Crippen molar-refractivity contribution < 1.29 is 23.3 Å². The fourth-order valence-electron chi connectivity index (χ4n) is 5.29. The normalized spacial score (nSPS) is 18.5. The van der Waals surface area contributed by atoms with Crippen LogP contribution >= 0.6 is 11.6 Å². The molecule has 0 N–H and O–H groups in total. The maximum Gasteiger partial charge on any atom is 0.218 e. The Morgan fingerprint density at radius 2 is 1.86 bits per heavy atom. The van der Waals surface area contributed by atoms with Crippen LogP contribution in [0.2, 0.25) is 5.02 Å². The smallest absolute Gasteiger partial charge is 0.218 e. The minimum atomic E-state index is -0.429. The number of aromatic nitrogens is 1. The molecule has 182 valence electrons. The minimum Gasteiger partial charge on any atom is -0.486 e. The molecule has 3 aromatic rings. The quantitative estimate of drug-likeness (QED) is 0.483. The zero-order valence-corrected chi connectivity index (χ0v) is 20.2. The number of rotatable bonds is 5. The third-order valence-electron chi connectivity index (χ3n) is 7.01. The van der Waals surface area contributed by atoms with Crippen molar-refractivity contribution in [3.63, 3.8) is 0 Å². The monoisotopic (exact) mass is 496 g/mol. The molecule has 2 saturated heterocycles. The topological polar surface area (TPSA) is 53.0 Å². The maximum atomic E-state index is 15.4. The van der Waals surface area contributed by atoms with Gasteiger partial charge in [-0.25, -0.2) is 9.37 Å². The lowest BCUT2D eigenvalue weighted by Crippen LogP contribution is -2.56. The number of likely N-dealkylation sites (tertiary alicyclic amines) is 1. The molecule has 0 atom stereocenters. The summed E-state index contributed by atoms with van der Waals surface area (Å²) in [5.41, 5.74) is 3.28. The third kappa shape index (κ3) is 4.11. The highest BCUT2D eigenvalue weighted by Crippen LogP contribution is 2.42. The first-order chi connectivity index (χ1) is 17.0. The van der Waals surface area contributed by atoms with Crippen LogP contribution in [0.15, 0.2) is 42.5 Å². The zero-order chi connectivity index (χ0) is 24.0. The molecule has 1 spiro atoms. The summed E-state index contributed by atoms with van der Waals surface area (Å²) in [6.07, 6.45) is 1.09. The Morgan fingerprint density at radius 1 is 1.06 bits per heavy atom. The predicted octanol–water partition coefficient (Wildman–Crippen LogP) is 5.21. The highest BCUT2D eigenvalue weighted by molar-refractivity contribution is 6.36. The molecule has 2 fully saturated rings. The highest BCUT2D eigenvalue weighted by Gasteiger charge is 2.45. The molecule has 4 heterocycles. The zero-order valence-electron chi connectivity index (χ0n) is 19.5. The molecule has 8 heteroatoms. The van der Waals surface area contributed by atoms with Gasteiger partial charge in [-0.05, 0) is 30.2 Å². The van der Waals surface area contributed by atoms with Crippen molar-refractivity contribution in [2.45, 2.75) is 13.0 Å². The van der Waals surface area contributed by atoms with E-state index in [1.807, 2.05) is 30.3 Å². The van der Waals surface area contributed by atoms with Gasteiger partial charge in [0.2, 0.25) is 5.88 Å². The van der Waals surface area contributed by atoms with Crippen molar-refractivity contribution in [3.05, 3.63) is 58.9 Å². The number of fused-ring (bicyclic) bond motifs is 1. The number of hydrogen-bond acceptors (Lipinski definition) is 6. The first kappa shape index (κ1) is 22.6. The van der Waals surface area contributed by atoms with E-state index in [9.17, 15) is 0 Å². The van der Waals surface area contributed by atoms with Crippen molar-refractivity contribution in [3.8, 4) is 39.8 Å². The largest absolute Gasteiger partial charge is 0.486 e. The second-order valence-electron chi connectivity index (χ2n) is 9.46. The molecule has 35 heavy (non-hydrogen) atoms. The van der Waals surface area contributed by atoms with E-state index in [1.165, 1.54) is 6.07 Å². The number of hydrogen-bond donors (Lipinski definition) is 0. The second-order valence-corrected chi connectivity index (χ2v) is 9.84. The van der Waals surface area contributed by atoms with Crippen LogP contribution in [-0.2, 0) is 11.3 Å². The predicted molar refractivity (Wildman–Crippen MR) is 131 cm³/mol. The lowest BCUT2D eigenvalue weighted by Gasteiger charge is -2.47. The lowest BCUT2D eigenvalue weighted by molar-refractivity contribution is -0.0128. The maximum absolute atomic E-state index is 15.4. The number of nitrogens with zero attached hydrogens (tertiary/aromatic N) is 2. The van der Waals surface area contributed by atoms with Crippen LogP contribution in [0.5, 0.6) is 17.4 Å². The standard InChI is InChI=1S/C27H26ClFN2O4/c1-32-26-18(13-31-14-27(15-31)7-8-33-16-27)11-21(29)25(30-26)20-4-2-3-19(24(20)28)17-5-6-22-23(12-17)35-10-9-34-22/h2-6,11-12H,7-10,13-16H2,1H3. The van der Waals surface area contributed by atoms with Crippen molar-refractivity contribution in [2.24, 2.45) is 5.41 Å². The number of ether oxygens (including phenoxy) is 4. The summed E-state index contributed by atoms with van der Waals surface area (Å²) in [4.78, 5) is 6.83. The number of methoxy groups -OCH3 is 1. The molecule has 0 radical (unpaired) electrons. The van der Waals surface area contributed by atoms with Gasteiger partial charge in [-0.2, -0.15) is 0 Å². The van der Waals surface area contributed by atoms with Crippen molar-refractivity contribution in [2.75, 3.05) is 46.6 Å². The van der Waals surface area contributed by atoms with Crippen LogP contribution < -0.4 is 14.2 Å².